The number of carbonyl (C=O) groups is 1. The van der Waals surface area contributed by atoms with Crippen molar-refractivity contribution < 1.29 is 9.53 Å². The van der Waals surface area contributed by atoms with Gasteiger partial charge in [0.05, 0.1) is 6.10 Å². The van der Waals surface area contributed by atoms with Crippen LogP contribution in [-0.4, -0.2) is 37.1 Å². The number of hydrogen-bond donors (Lipinski definition) is 1. The fourth-order valence-electron chi connectivity index (χ4n) is 2.10. The third kappa shape index (κ3) is 3.37. The van der Waals surface area contributed by atoms with E-state index in [1.807, 2.05) is 4.90 Å². The molecule has 1 saturated heterocycles. The minimum atomic E-state index is 0. The summed E-state index contributed by atoms with van der Waals surface area (Å²) < 4.78 is 5.29. The molecule has 2 rings (SSSR count). The number of carbonyl (C=O) groups excluding carboxylic acids is 1. The van der Waals surface area contributed by atoms with Crippen LogP contribution in [0.3, 0.4) is 0 Å². The molecule has 1 amide bonds. The Morgan fingerprint density at radius 2 is 1.83 bits per heavy atom. The van der Waals surface area contributed by atoms with Crippen molar-refractivity contribution in [2.45, 2.75) is 18.9 Å². The largest absolute Gasteiger partial charge is 0.399 e. The Bertz CT molecular complexity index is 386. The zero-order valence-corrected chi connectivity index (χ0v) is 11.3. The Balaban J connectivity index is 0.00000162. The van der Waals surface area contributed by atoms with Crippen LogP contribution in [0.2, 0.25) is 0 Å². The van der Waals surface area contributed by atoms with Gasteiger partial charge in [0.2, 0.25) is 0 Å². The lowest BCUT2D eigenvalue weighted by molar-refractivity contribution is 0.0351. The predicted octanol–water partition coefficient (Wildman–Crippen LogP) is 1.94. The number of rotatable bonds is 2. The second-order valence-electron chi connectivity index (χ2n) is 4.35. The number of nitrogens with zero attached hydrogens (tertiary/aromatic N) is 1. The smallest absolute Gasteiger partial charge is 0.253 e. The molecule has 4 nitrogen and oxygen atoms in total. The maximum Gasteiger partial charge on any atom is 0.253 e. The molecule has 0 spiro atoms. The maximum absolute atomic E-state index is 12.2. The van der Waals surface area contributed by atoms with Gasteiger partial charge in [-0.15, -0.1) is 12.4 Å². The van der Waals surface area contributed by atoms with Crippen LogP contribution < -0.4 is 5.73 Å². The summed E-state index contributed by atoms with van der Waals surface area (Å²) in [6, 6.07) is 7.07. The van der Waals surface area contributed by atoms with E-state index in [1.165, 1.54) is 0 Å². The molecule has 1 aromatic carbocycles. The first-order valence-electron chi connectivity index (χ1n) is 5.88. The highest BCUT2D eigenvalue weighted by Crippen LogP contribution is 2.16. The maximum atomic E-state index is 12.2. The third-order valence-corrected chi connectivity index (χ3v) is 3.22. The van der Waals surface area contributed by atoms with Crippen molar-refractivity contribution in [3.05, 3.63) is 29.8 Å². The Hall–Kier alpha value is -1.26. The van der Waals surface area contributed by atoms with Gasteiger partial charge in [-0.25, -0.2) is 0 Å². The van der Waals surface area contributed by atoms with Gasteiger partial charge in [0.15, 0.2) is 0 Å². The summed E-state index contributed by atoms with van der Waals surface area (Å²) in [6.45, 7) is 1.53. The summed E-state index contributed by atoms with van der Waals surface area (Å²) in [5.74, 6) is 0.0829. The van der Waals surface area contributed by atoms with Gasteiger partial charge in [0.1, 0.15) is 0 Å². The number of halogens is 1. The molecule has 0 radical (unpaired) electrons. The highest BCUT2D eigenvalue weighted by atomic mass is 35.5. The number of nitrogens with two attached hydrogens (primary N) is 1. The Morgan fingerprint density at radius 1 is 1.28 bits per heavy atom. The predicted molar refractivity (Wildman–Crippen MR) is 74.0 cm³/mol. The molecule has 0 saturated carbocycles. The normalized spacial score (nSPS) is 16.2. The first-order chi connectivity index (χ1) is 8.20. The lowest BCUT2D eigenvalue weighted by Gasteiger charge is -2.31. The fourth-order valence-corrected chi connectivity index (χ4v) is 2.10. The molecule has 0 aromatic heterocycles. The van der Waals surface area contributed by atoms with E-state index in [0.29, 0.717) is 17.4 Å². The molecule has 100 valence electrons. The number of anilines is 1. The molecule has 1 fully saturated rings. The Morgan fingerprint density at radius 3 is 2.33 bits per heavy atom. The lowest BCUT2D eigenvalue weighted by Crippen LogP contribution is -2.40. The number of piperidine rings is 1. The molecule has 2 N–H and O–H groups in total. The van der Waals surface area contributed by atoms with E-state index in [0.717, 1.165) is 25.9 Å². The van der Waals surface area contributed by atoms with Crippen LogP contribution in [-0.2, 0) is 4.74 Å². The van der Waals surface area contributed by atoms with Gasteiger partial charge in [0.25, 0.3) is 5.91 Å². The van der Waals surface area contributed by atoms with Gasteiger partial charge in [0, 0.05) is 31.5 Å². The first-order valence-corrected chi connectivity index (χ1v) is 5.88. The second kappa shape index (κ2) is 6.61. The van der Waals surface area contributed by atoms with Gasteiger partial charge < -0.3 is 15.4 Å². The molecule has 0 bridgehead atoms. The van der Waals surface area contributed by atoms with Crippen LogP contribution >= 0.6 is 12.4 Å². The van der Waals surface area contributed by atoms with E-state index in [4.69, 9.17) is 10.5 Å². The van der Waals surface area contributed by atoms with Crippen molar-refractivity contribution in [2.75, 3.05) is 25.9 Å². The second-order valence-corrected chi connectivity index (χ2v) is 4.35. The zero-order chi connectivity index (χ0) is 12.3. The topological polar surface area (TPSA) is 55.6 Å². The number of methoxy groups -OCH3 is 1. The van der Waals surface area contributed by atoms with Crippen LogP contribution in [0.1, 0.15) is 23.2 Å². The molecular weight excluding hydrogens is 252 g/mol. The molecule has 18 heavy (non-hydrogen) atoms. The lowest BCUT2D eigenvalue weighted by atomic mass is 10.1. The molecule has 1 aromatic rings. The van der Waals surface area contributed by atoms with E-state index >= 15 is 0 Å². The molecule has 0 unspecified atom stereocenters. The summed E-state index contributed by atoms with van der Waals surface area (Å²) >= 11 is 0. The van der Waals surface area contributed by atoms with Crippen LogP contribution in [0.5, 0.6) is 0 Å². The molecule has 0 atom stereocenters. The summed E-state index contributed by atoms with van der Waals surface area (Å²) in [5.41, 5.74) is 6.98. The van der Waals surface area contributed by atoms with Crippen molar-refractivity contribution in [1.82, 2.24) is 4.90 Å². The van der Waals surface area contributed by atoms with Gasteiger partial charge in [-0.2, -0.15) is 0 Å². The fraction of sp³-hybridized carbons (Fsp3) is 0.462. The molecule has 1 heterocycles. The van der Waals surface area contributed by atoms with E-state index in [9.17, 15) is 4.79 Å². The highest BCUT2D eigenvalue weighted by Gasteiger charge is 2.23. The van der Waals surface area contributed by atoms with Crippen molar-refractivity contribution in [1.29, 1.82) is 0 Å². The number of nitrogen functional groups attached to an aromatic ring is 1. The number of ether oxygens (including phenoxy) is 1. The summed E-state index contributed by atoms with van der Waals surface area (Å²) in [4.78, 5) is 14.0. The van der Waals surface area contributed by atoms with E-state index < -0.39 is 0 Å². The van der Waals surface area contributed by atoms with Crippen molar-refractivity contribution >= 4 is 24.0 Å². The molecule has 0 aliphatic carbocycles. The molecule has 1 aliphatic rings. The van der Waals surface area contributed by atoms with Crippen LogP contribution in [0, 0.1) is 0 Å². The molecule has 1 aliphatic heterocycles. The number of hydrogen-bond acceptors (Lipinski definition) is 3. The molecular formula is C13H19ClN2O2. The zero-order valence-electron chi connectivity index (χ0n) is 10.5. The van der Waals surface area contributed by atoms with Gasteiger partial charge in [-0.05, 0) is 37.1 Å². The summed E-state index contributed by atoms with van der Waals surface area (Å²) in [6.07, 6.45) is 2.12. The standard InChI is InChI=1S/C13H18N2O2.ClH/c1-17-12-6-8-15(9-7-12)13(16)10-2-4-11(14)5-3-10;/h2-5,12H,6-9,14H2,1H3;1H. The number of benzene rings is 1. The number of amides is 1. The van der Waals surface area contributed by atoms with Crippen LogP contribution in [0.25, 0.3) is 0 Å². The minimum Gasteiger partial charge on any atom is -0.399 e. The Labute approximate surface area is 114 Å². The highest BCUT2D eigenvalue weighted by molar-refractivity contribution is 5.94. The first kappa shape index (κ1) is 14.8. The molecule has 5 heteroatoms. The monoisotopic (exact) mass is 270 g/mol. The van der Waals surface area contributed by atoms with Crippen molar-refractivity contribution in [2.24, 2.45) is 0 Å². The Kier molecular flexibility index (Phi) is 5.44. The van der Waals surface area contributed by atoms with Gasteiger partial charge >= 0.3 is 0 Å². The number of likely N-dealkylation sites (tertiary alicyclic amines) is 1. The average molecular weight is 271 g/mol. The summed E-state index contributed by atoms with van der Waals surface area (Å²) in [5, 5.41) is 0. The SMILES string of the molecule is COC1CCN(C(=O)c2ccc(N)cc2)CC1.Cl. The van der Waals surface area contributed by atoms with Crippen molar-refractivity contribution in [3.63, 3.8) is 0 Å². The van der Waals surface area contributed by atoms with Gasteiger partial charge in [-0.3, -0.25) is 4.79 Å². The van der Waals surface area contributed by atoms with E-state index in [1.54, 1.807) is 31.4 Å². The third-order valence-electron chi connectivity index (χ3n) is 3.22. The van der Waals surface area contributed by atoms with Crippen LogP contribution in [0.15, 0.2) is 24.3 Å². The quantitative estimate of drug-likeness (QED) is 0.836. The van der Waals surface area contributed by atoms with Gasteiger partial charge in [-0.1, -0.05) is 0 Å². The summed E-state index contributed by atoms with van der Waals surface area (Å²) in [7, 11) is 1.72. The minimum absolute atomic E-state index is 0. The average Bonchev–Trinajstić information content (AvgIpc) is 2.39. The van der Waals surface area contributed by atoms with Crippen molar-refractivity contribution in [3.8, 4) is 0 Å². The van der Waals surface area contributed by atoms with Crippen LogP contribution in [0.4, 0.5) is 5.69 Å². The van der Waals surface area contributed by atoms with E-state index in [2.05, 4.69) is 0 Å². The van der Waals surface area contributed by atoms with E-state index in [-0.39, 0.29) is 18.3 Å².